The van der Waals surface area contributed by atoms with Gasteiger partial charge in [-0.05, 0) is 49.7 Å². The number of allylic oxidation sites excluding steroid dienone is 4. The van der Waals surface area contributed by atoms with Crippen LogP contribution in [0, 0.1) is 28.6 Å². The number of esters is 2. The van der Waals surface area contributed by atoms with Gasteiger partial charge in [-0.2, -0.15) is 0 Å². The molecule has 8 nitrogen and oxygen atoms in total. The summed E-state index contributed by atoms with van der Waals surface area (Å²) in [7, 11) is 0. The number of aliphatic hydroxyl groups is 1. The van der Waals surface area contributed by atoms with Crippen LogP contribution >= 0.6 is 11.6 Å². The number of fused-ring (bicyclic) bond motifs is 5. The van der Waals surface area contributed by atoms with Crippen molar-refractivity contribution in [2.24, 2.45) is 28.6 Å². The Morgan fingerprint density at radius 3 is 2.41 bits per heavy atom. The first kappa shape index (κ1) is 29.5. The highest BCUT2D eigenvalue weighted by molar-refractivity contribution is 6.26. The lowest BCUT2D eigenvalue weighted by molar-refractivity contribution is -0.203. The molecule has 3 saturated carbocycles. The number of halogens is 1. The number of carbonyl (C=O) groups is 4. The Hall–Kier alpha value is -2.03. The van der Waals surface area contributed by atoms with Crippen LogP contribution in [0.4, 0.5) is 0 Å². The normalized spacial score (nSPS) is 41.9. The van der Waals surface area contributed by atoms with Crippen LogP contribution in [0.5, 0.6) is 0 Å². The van der Waals surface area contributed by atoms with E-state index in [0.29, 0.717) is 19.3 Å². The SMILES string of the molecule is CCC(=O)OCC(=O)[C@@]1(OC(=O)CC)[C@@H](C)C[C@H]2[C@@H]3CCC4=CC(=O)C=C[C@]4(C)C3(Cl)[C@@H](O)C[C@@]21C.O. The molecule has 4 aliphatic rings. The first-order valence-corrected chi connectivity index (χ1v) is 13.4. The van der Waals surface area contributed by atoms with Gasteiger partial charge in [0.15, 0.2) is 18.0 Å². The van der Waals surface area contributed by atoms with E-state index in [1.807, 2.05) is 26.8 Å². The van der Waals surface area contributed by atoms with Crippen LogP contribution in [0.25, 0.3) is 0 Å². The lowest BCUT2D eigenvalue weighted by atomic mass is 9.45. The molecule has 0 amide bonds. The molecular formula is C28H39ClO8. The van der Waals surface area contributed by atoms with Gasteiger partial charge in [0.05, 0.1) is 11.0 Å². The summed E-state index contributed by atoms with van der Waals surface area (Å²) in [5.41, 5.74) is -2.27. The molecule has 0 saturated heterocycles. The minimum Gasteiger partial charge on any atom is -0.457 e. The van der Waals surface area contributed by atoms with Crippen molar-refractivity contribution < 1.29 is 39.2 Å². The summed E-state index contributed by atoms with van der Waals surface area (Å²) in [6.07, 6.45) is 6.18. The maximum absolute atomic E-state index is 13.9. The van der Waals surface area contributed by atoms with E-state index in [1.165, 1.54) is 6.08 Å². The summed E-state index contributed by atoms with van der Waals surface area (Å²) < 4.78 is 11.3. The van der Waals surface area contributed by atoms with E-state index < -0.39 is 51.7 Å². The largest absolute Gasteiger partial charge is 0.457 e. The molecule has 37 heavy (non-hydrogen) atoms. The van der Waals surface area contributed by atoms with Gasteiger partial charge in [0.2, 0.25) is 5.78 Å². The Morgan fingerprint density at radius 2 is 1.78 bits per heavy atom. The molecule has 0 aliphatic heterocycles. The van der Waals surface area contributed by atoms with Crippen molar-refractivity contribution in [3.8, 4) is 0 Å². The predicted molar refractivity (Wildman–Crippen MR) is 137 cm³/mol. The highest BCUT2D eigenvalue weighted by Crippen LogP contribution is 2.72. The second-order valence-electron chi connectivity index (χ2n) is 11.4. The average molecular weight is 539 g/mol. The van der Waals surface area contributed by atoms with E-state index in [2.05, 4.69) is 0 Å². The second-order valence-corrected chi connectivity index (χ2v) is 12.0. The van der Waals surface area contributed by atoms with Crippen molar-refractivity contribution in [3.63, 3.8) is 0 Å². The number of ketones is 2. The smallest absolute Gasteiger partial charge is 0.306 e. The van der Waals surface area contributed by atoms with Crippen molar-refractivity contribution in [3.05, 3.63) is 23.8 Å². The molecule has 8 atom stereocenters. The molecule has 206 valence electrons. The predicted octanol–water partition coefficient (Wildman–Crippen LogP) is 3.26. The Kier molecular flexibility index (Phi) is 7.93. The summed E-state index contributed by atoms with van der Waals surface area (Å²) in [6, 6.07) is 0. The first-order valence-electron chi connectivity index (χ1n) is 13.0. The van der Waals surface area contributed by atoms with Crippen LogP contribution in [0.2, 0.25) is 0 Å². The Morgan fingerprint density at radius 1 is 1.14 bits per heavy atom. The molecule has 4 rings (SSSR count). The minimum atomic E-state index is -1.55. The van der Waals surface area contributed by atoms with E-state index in [-0.39, 0.29) is 48.3 Å². The van der Waals surface area contributed by atoms with Gasteiger partial charge >= 0.3 is 11.9 Å². The number of Topliss-reactive ketones (excluding diaryl/α,β-unsaturated/α-hetero) is 1. The lowest BCUT2D eigenvalue weighted by Crippen LogP contribution is -2.69. The van der Waals surface area contributed by atoms with Crippen molar-refractivity contribution in [1.29, 1.82) is 0 Å². The fraction of sp³-hybridized carbons (Fsp3) is 0.714. The number of aliphatic hydroxyl groups excluding tert-OH is 1. The van der Waals surface area contributed by atoms with Gasteiger partial charge in [-0.25, -0.2) is 0 Å². The highest BCUT2D eigenvalue weighted by atomic mass is 35.5. The van der Waals surface area contributed by atoms with E-state index in [4.69, 9.17) is 21.1 Å². The monoisotopic (exact) mass is 538 g/mol. The zero-order chi connectivity index (χ0) is 26.7. The average Bonchev–Trinajstić information content (AvgIpc) is 3.05. The van der Waals surface area contributed by atoms with Gasteiger partial charge in [0.1, 0.15) is 0 Å². The Labute approximate surface area is 223 Å². The molecule has 0 spiro atoms. The lowest BCUT2D eigenvalue weighted by Gasteiger charge is -2.64. The molecule has 0 aromatic carbocycles. The van der Waals surface area contributed by atoms with Crippen LogP contribution in [-0.2, 0) is 28.7 Å². The van der Waals surface area contributed by atoms with Crippen LogP contribution in [0.3, 0.4) is 0 Å². The molecule has 4 aliphatic carbocycles. The summed E-state index contributed by atoms with van der Waals surface area (Å²) in [5, 5.41) is 11.8. The number of rotatable bonds is 6. The molecule has 1 unspecified atom stereocenters. The molecule has 0 heterocycles. The van der Waals surface area contributed by atoms with Crippen LogP contribution in [0.1, 0.15) is 73.1 Å². The van der Waals surface area contributed by atoms with Crippen molar-refractivity contribution in [2.75, 3.05) is 6.61 Å². The maximum Gasteiger partial charge on any atom is 0.306 e. The molecule has 9 heteroatoms. The molecule has 0 bridgehead atoms. The van der Waals surface area contributed by atoms with E-state index in [1.54, 1.807) is 19.9 Å². The van der Waals surface area contributed by atoms with Crippen molar-refractivity contribution >= 4 is 35.1 Å². The molecule has 0 radical (unpaired) electrons. The molecule has 0 aromatic rings. The van der Waals surface area contributed by atoms with Gasteiger partial charge in [-0.15, -0.1) is 11.6 Å². The molecule has 3 fully saturated rings. The van der Waals surface area contributed by atoms with Gasteiger partial charge < -0.3 is 20.1 Å². The number of alkyl halides is 1. The van der Waals surface area contributed by atoms with Gasteiger partial charge in [0.25, 0.3) is 0 Å². The van der Waals surface area contributed by atoms with E-state index >= 15 is 0 Å². The van der Waals surface area contributed by atoms with Gasteiger partial charge in [-0.3, -0.25) is 19.2 Å². The van der Waals surface area contributed by atoms with Gasteiger partial charge in [0, 0.05) is 29.6 Å². The molecule has 0 aromatic heterocycles. The maximum atomic E-state index is 13.9. The van der Waals surface area contributed by atoms with Crippen molar-refractivity contribution in [2.45, 2.75) is 89.7 Å². The fourth-order valence-corrected chi connectivity index (χ4v) is 8.53. The third-order valence-corrected chi connectivity index (χ3v) is 10.7. The van der Waals surface area contributed by atoms with Gasteiger partial charge in [-0.1, -0.05) is 46.3 Å². The Balaban J connectivity index is 0.00000380. The standard InChI is InChI=1S/C28H37ClO7.H2O/c1-6-23(33)35-15-22(32)28(36-24(34)7-2)16(3)12-20-19-9-8-17-13-18(30)10-11-25(17,4)27(19,29)21(31)14-26(20,28)5;/h10-11,13,16,19-21,31H,6-9,12,14-15H2,1-5H3;1H2/t16-,19-,20-,21-,25-,26-,27?,28-;/m0./s1. The van der Waals surface area contributed by atoms with E-state index in [0.717, 1.165) is 5.57 Å². The number of ether oxygens (including phenoxy) is 2. The zero-order valence-corrected chi connectivity index (χ0v) is 23.0. The summed E-state index contributed by atoms with van der Waals surface area (Å²) in [5.74, 6) is -2.24. The van der Waals surface area contributed by atoms with Crippen LogP contribution in [0.15, 0.2) is 23.8 Å². The summed E-state index contributed by atoms with van der Waals surface area (Å²) in [6.45, 7) is 8.61. The third kappa shape index (κ3) is 3.93. The summed E-state index contributed by atoms with van der Waals surface area (Å²) >= 11 is 7.48. The fourth-order valence-electron chi connectivity index (χ4n) is 8.01. The summed E-state index contributed by atoms with van der Waals surface area (Å²) in [4.78, 5) is 49.5. The number of hydrogen-bond donors (Lipinski definition) is 1. The third-order valence-electron chi connectivity index (χ3n) is 9.81. The van der Waals surface area contributed by atoms with Crippen LogP contribution in [-0.4, -0.2) is 57.3 Å². The first-order chi connectivity index (χ1) is 16.8. The molecule has 3 N–H and O–H groups in total. The highest BCUT2D eigenvalue weighted by Gasteiger charge is 2.76. The number of hydrogen-bond acceptors (Lipinski definition) is 7. The second kappa shape index (κ2) is 9.93. The minimum absolute atomic E-state index is 0. The quantitative estimate of drug-likeness (QED) is 0.404. The number of carbonyl (C=O) groups excluding carboxylic acids is 4. The molecular weight excluding hydrogens is 500 g/mol. The topological polar surface area (TPSA) is 138 Å². The van der Waals surface area contributed by atoms with E-state index in [9.17, 15) is 24.3 Å². The van der Waals surface area contributed by atoms with Crippen molar-refractivity contribution in [1.82, 2.24) is 0 Å². The Bertz CT molecular complexity index is 1050. The van der Waals surface area contributed by atoms with Crippen LogP contribution < -0.4 is 0 Å². The zero-order valence-electron chi connectivity index (χ0n) is 22.3.